The molecular formula is C15H16O6. The second kappa shape index (κ2) is 7.23. The van der Waals surface area contributed by atoms with Gasteiger partial charge in [-0.2, -0.15) is 0 Å². The number of carbonyl (C=O) groups is 3. The maximum absolute atomic E-state index is 11.2. The first-order chi connectivity index (χ1) is 9.83. The van der Waals surface area contributed by atoms with Gasteiger partial charge in [-0.15, -0.1) is 6.58 Å². The third kappa shape index (κ3) is 5.10. The first-order valence-corrected chi connectivity index (χ1v) is 6.16. The van der Waals surface area contributed by atoms with Crippen LogP contribution in [0.25, 0.3) is 0 Å². The van der Waals surface area contributed by atoms with E-state index in [2.05, 4.69) is 6.58 Å². The van der Waals surface area contributed by atoms with E-state index < -0.39 is 17.9 Å². The second-order valence-electron chi connectivity index (χ2n) is 4.17. The summed E-state index contributed by atoms with van der Waals surface area (Å²) in [5, 5.41) is 0. The molecule has 0 aliphatic carbocycles. The number of hydrogen-bond acceptors (Lipinski definition) is 6. The van der Waals surface area contributed by atoms with Crippen LogP contribution >= 0.6 is 0 Å². The summed E-state index contributed by atoms with van der Waals surface area (Å²) in [6.45, 7) is 7.31. The fraction of sp³-hybridized carbons (Fsp3) is 0.267. The Balaban J connectivity index is 3.39. The lowest BCUT2D eigenvalue weighted by Crippen LogP contribution is -2.10. The molecule has 0 atom stereocenters. The van der Waals surface area contributed by atoms with Gasteiger partial charge < -0.3 is 14.2 Å². The molecule has 0 heterocycles. The number of ether oxygens (including phenoxy) is 3. The molecule has 0 aliphatic heterocycles. The number of carbonyl (C=O) groups excluding carboxylic acids is 3. The van der Waals surface area contributed by atoms with Crippen molar-refractivity contribution in [1.29, 1.82) is 0 Å². The first kappa shape index (κ1) is 16.4. The quantitative estimate of drug-likeness (QED) is 0.470. The number of benzene rings is 1. The highest BCUT2D eigenvalue weighted by atomic mass is 16.6. The molecule has 21 heavy (non-hydrogen) atoms. The Labute approximate surface area is 122 Å². The third-order valence-electron chi connectivity index (χ3n) is 2.26. The molecule has 0 saturated carbocycles. The van der Waals surface area contributed by atoms with Crippen LogP contribution < -0.4 is 14.2 Å². The average molecular weight is 292 g/mol. The molecule has 0 fully saturated rings. The molecule has 6 heteroatoms. The van der Waals surface area contributed by atoms with E-state index in [0.29, 0.717) is 12.0 Å². The lowest BCUT2D eigenvalue weighted by Gasteiger charge is -2.14. The molecule has 0 unspecified atom stereocenters. The maximum atomic E-state index is 11.2. The Hall–Kier alpha value is -2.63. The van der Waals surface area contributed by atoms with Gasteiger partial charge in [-0.25, -0.2) is 0 Å². The van der Waals surface area contributed by atoms with Gasteiger partial charge in [0.1, 0.15) is 17.2 Å². The van der Waals surface area contributed by atoms with Crippen LogP contribution in [-0.4, -0.2) is 17.9 Å². The van der Waals surface area contributed by atoms with Gasteiger partial charge in [-0.3, -0.25) is 14.4 Å². The normalized spacial score (nSPS) is 9.67. The van der Waals surface area contributed by atoms with E-state index in [1.165, 1.54) is 32.9 Å². The van der Waals surface area contributed by atoms with Crippen molar-refractivity contribution in [3.05, 3.63) is 30.4 Å². The highest BCUT2D eigenvalue weighted by molar-refractivity contribution is 5.75. The monoisotopic (exact) mass is 292 g/mol. The number of allylic oxidation sites excluding steroid dienone is 1. The number of rotatable bonds is 5. The van der Waals surface area contributed by atoms with Gasteiger partial charge in [0.05, 0.1) is 0 Å². The zero-order valence-electron chi connectivity index (χ0n) is 12.1. The Morgan fingerprint density at radius 1 is 0.952 bits per heavy atom. The highest BCUT2D eigenvalue weighted by Gasteiger charge is 2.17. The molecule has 0 N–H and O–H groups in total. The number of esters is 3. The molecule has 6 nitrogen and oxygen atoms in total. The van der Waals surface area contributed by atoms with E-state index in [9.17, 15) is 14.4 Å². The van der Waals surface area contributed by atoms with Crippen molar-refractivity contribution < 1.29 is 28.6 Å². The summed E-state index contributed by atoms with van der Waals surface area (Å²) >= 11 is 0. The van der Waals surface area contributed by atoms with Crippen LogP contribution in [0.5, 0.6) is 17.2 Å². The molecule has 0 amide bonds. The number of hydrogen-bond donors (Lipinski definition) is 0. The summed E-state index contributed by atoms with van der Waals surface area (Å²) in [6.07, 6.45) is 1.88. The van der Waals surface area contributed by atoms with Gasteiger partial charge in [0, 0.05) is 38.5 Å². The summed E-state index contributed by atoms with van der Waals surface area (Å²) in [6, 6.07) is 2.77. The van der Waals surface area contributed by atoms with E-state index >= 15 is 0 Å². The average Bonchev–Trinajstić information content (AvgIpc) is 2.31. The maximum Gasteiger partial charge on any atom is 0.308 e. The van der Waals surface area contributed by atoms with Gasteiger partial charge in [0.25, 0.3) is 0 Å². The molecule has 0 spiro atoms. The molecule has 0 radical (unpaired) electrons. The van der Waals surface area contributed by atoms with E-state index in [0.717, 1.165) is 0 Å². The van der Waals surface area contributed by atoms with Crippen molar-refractivity contribution in [2.75, 3.05) is 0 Å². The third-order valence-corrected chi connectivity index (χ3v) is 2.26. The molecular weight excluding hydrogens is 276 g/mol. The molecule has 0 aliphatic rings. The van der Waals surface area contributed by atoms with Crippen molar-refractivity contribution >= 4 is 17.9 Å². The van der Waals surface area contributed by atoms with E-state index in [1.807, 2.05) is 0 Å². The van der Waals surface area contributed by atoms with Crippen molar-refractivity contribution in [3.8, 4) is 17.2 Å². The summed E-state index contributed by atoms with van der Waals surface area (Å²) in [4.78, 5) is 33.4. The van der Waals surface area contributed by atoms with Crippen molar-refractivity contribution in [1.82, 2.24) is 0 Å². The Morgan fingerprint density at radius 2 is 1.38 bits per heavy atom. The minimum absolute atomic E-state index is 0.114. The topological polar surface area (TPSA) is 78.9 Å². The largest absolute Gasteiger partial charge is 0.426 e. The summed E-state index contributed by atoms with van der Waals surface area (Å²) < 4.78 is 15.1. The molecule has 1 aromatic carbocycles. The van der Waals surface area contributed by atoms with E-state index in [1.54, 1.807) is 6.08 Å². The van der Waals surface area contributed by atoms with Crippen molar-refractivity contribution in [2.24, 2.45) is 0 Å². The van der Waals surface area contributed by atoms with Crippen LogP contribution in [0.2, 0.25) is 0 Å². The lowest BCUT2D eigenvalue weighted by atomic mass is 10.1. The van der Waals surface area contributed by atoms with Crippen LogP contribution in [-0.2, 0) is 20.8 Å². The summed E-state index contributed by atoms with van der Waals surface area (Å²) in [7, 11) is 0. The van der Waals surface area contributed by atoms with Gasteiger partial charge in [0.15, 0.2) is 0 Å². The molecule has 112 valence electrons. The van der Waals surface area contributed by atoms with Crippen molar-refractivity contribution in [3.63, 3.8) is 0 Å². The van der Waals surface area contributed by atoms with Gasteiger partial charge >= 0.3 is 17.9 Å². The van der Waals surface area contributed by atoms with Crippen molar-refractivity contribution in [2.45, 2.75) is 27.2 Å². The van der Waals surface area contributed by atoms with Gasteiger partial charge in [-0.05, 0) is 6.42 Å². The van der Waals surface area contributed by atoms with Crippen LogP contribution in [0.15, 0.2) is 24.8 Å². The minimum atomic E-state index is -0.547. The Kier molecular flexibility index (Phi) is 5.66. The first-order valence-electron chi connectivity index (χ1n) is 6.16. The summed E-state index contributed by atoms with van der Waals surface area (Å²) in [5.41, 5.74) is 0.464. The predicted octanol–water partition coefficient (Wildman–Crippen LogP) is 2.19. The fourth-order valence-corrected chi connectivity index (χ4v) is 1.66. The van der Waals surface area contributed by atoms with Gasteiger partial charge in [-0.1, -0.05) is 6.08 Å². The zero-order chi connectivity index (χ0) is 16.0. The molecule has 0 aromatic heterocycles. The Morgan fingerprint density at radius 3 is 1.71 bits per heavy atom. The van der Waals surface area contributed by atoms with E-state index in [4.69, 9.17) is 14.2 Å². The SMILES string of the molecule is C=CCc1c(OC(C)=O)cc(OC(C)=O)cc1OC(C)=O. The van der Waals surface area contributed by atoms with Gasteiger partial charge in [0.2, 0.25) is 0 Å². The minimum Gasteiger partial charge on any atom is -0.426 e. The van der Waals surface area contributed by atoms with Crippen LogP contribution in [0, 0.1) is 0 Å². The highest BCUT2D eigenvalue weighted by Crippen LogP contribution is 2.35. The molecule has 0 bridgehead atoms. The second-order valence-corrected chi connectivity index (χ2v) is 4.17. The zero-order valence-corrected chi connectivity index (χ0v) is 12.1. The fourth-order valence-electron chi connectivity index (χ4n) is 1.66. The molecule has 0 saturated heterocycles. The van der Waals surface area contributed by atoms with E-state index in [-0.39, 0.29) is 17.2 Å². The summed E-state index contributed by atoms with van der Waals surface area (Å²) in [5.74, 6) is -1.23. The molecule has 1 aromatic rings. The van der Waals surface area contributed by atoms with Crippen LogP contribution in [0.4, 0.5) is 0 Å². The standard InChI is InChI=1S/C15H16O6/c1-5-6-13-14(20-10(3)17)7-12(19-9(2)16)8-15(13)21-11(4)18/h5,7-8H,1,6H2,2-4H3. The predicted molar refractivity (Wildman–Crippen MR) is 74.3 cm³/mol. The molecule has 1 rings (SSSR count). The Bertz CT molecular complexity index is 551. The smallest absolute Gasteiger partial charge is 0.308 e. The van der Waals surface area contributed by atoms with Crippen LogP contribution in [0.1, 0.15) is 26.3 Å². The van der Waals surface area contributed by atoms with Crippen LogP contribution in [0.3, 0.4) is 0 Å². The lowest BCUT2D eigenvalue weighted by molar-refractivity contribution is -0.132.